The molecule has 3 N–H and O–H groups in total. The maximum Gasteiger partial charge on any atom is 0.377 e. The van der Waals surface area contributed by atoms with Crippen molar-refractivity contribution in [3.05, 3.63) is 11.8 Å². The van der Waals surface area contributed by atoms with Crippen molar-refractivity contribution in [2.24, 2.45) is 10.9 Å². The number of hydrogen-bond acceptors (Lipinski definition) is 8. The second kappa shape index (κ2) is 10.7. The van der Waals surface area contributed by atoms with Gasteiger partial charge in [-0.25, -0.2) is 9.59 Å². The SMILES string of the molecule is CCOC(=O)/C=C(/ON=C(N)C1(OCCCO)CCC1)C(=O)OCC. The van der Waals surface area contributed by atoms with Gasteiger partial charge in [-0.05, 0) is 39.5 Å². The maximum atomic E-state index is 11.8. The lowest BCUT2D eigenvalue weighted by Crippen LogP contribution is -2.52. The van der Waals surface area contributed by atoms with Gasteiger partial charge in [0.15, 0.2) is 5.84 Å². The van der Waals surface area contributed by atoms with Crippen molar-refractivity contribution in [3.8, 4) is 0 Å². The molecule has 1 fully saturated rings. The van der Waals surface area contributed by atoms with Gasteiger partial charge in [-0.3, -0.25) is 0 Å². The molecule has 0 aromatic heterocycles. The predicted octanol–water partition coefficient (Wildman–Crippen LogP) is 0.607. The van der Waals surface area contributed by atoms with E-state index in [2.05, 4.69) is 5.16 Å². The van der Waals surface area contributed by atoms with E-state index in [4.69, 9.17) is 29.9 Å². The molecule has 0 heterocycles. The van der Waals surface area contributed by atoms with Gasteiger partial charge in [-0.1, -0.05) is 5.16 Å². The van der Waals surface area contributed by atoms with Crippen LogP contribution in [0.1, 0.15) is 39.5 Å². The zero-order chi connectivity index (χ0) is 18.7. The first-order valence-corrected chi connectivity index (χ1v) is 8.30. The van der Waals surface area contributed by atoms with E-state index in [1.165, 1.54) is 0 Å². The monoisotopic (exact) mass is 358 g/mol. The summed E-state index contributed by atoms with van der Waals surface area (Å²) in [6.45, 7) is 3.86. The van der Waals surface area contributed by atoms with Crippen molar-refractivity contribution in [1.29, 1.82) is 0 Å². The fourth-order valence-corrected chi connectivity index (χ4v) is 2.10. The third-order valence-corrected chi connectivity index (χ3v) is 3.56. The molecule has 0 aliphatic heterocycles. The lowest BCUT2D eigenvalue weighted by atomic mass is 9.79. The lowest BCUT2D eigenvalue weighted by Gasteiger charge is -2.40. The third-order valence-electron chi connectivity index (χ3n) is 3.56. The zero-order valence-corrected chi connectivity index (χ0v) is 14.7. The molecule has 0 aromatic rings. The molecule has 1 aliphatic carbocycles. The number of aliphatic hydroxyl groups excluding tert-OH is 1. The van der Waals surface area contributed by atoms with E-state index < -0.39 is 23.3 Å². The molecular weight excluding hydrogens is 332 g/mol. The molecule has 9 nitrogen and oxygen atoms in total. The lowest BCUT2D eigenvalue weighted by molar-refractivity contribution is -0.144. The van der Waals surface area contributed by atoms with Crippen LogP contribution in [-0.2, 0) is 28.6 Å². The first kappa shape index (κ1) is 20.9. The number of hydrogen-bond donors (Lipinski definition) is 2. The number of esters is 2. The summed E-state index contributed by atoms with van der Waals surface area (Å²) in [6, 6.07) is 0. The fourth-order valence-electron chi connectivity index (χ4n) is 2.10. The average Bonchev–Trinajstić information content (AvgIpc) is 2.54. The van der Waals surface area contributed by atoms with Crippen molar-refractivity contribution < 1.29 is 33.7 Å². The number of amidine groups is 1. The molecule has 0 bridgehead atoms. The van der Waals surface area contributed by atoms with Gasteiger partial charge >= 0.3 is 11.9 Å². The quantitative estimate of drug-likeness (QED) is 0.104. The van der Waals surface area contributed by atoms with E-state index >= 15 is 0 Å². The van der Waals surface area contributed by atoms with Crippen molar-refractivity contribution >= 4 is 17.8 Å². The number of aliphatic hydroxyl groups is 1. The topological polar surface area (TPSA) is 130 Å². The molecule has 0 spiro atoms. The van der Waals surface area contributed by atoms with Crippen LogP contribution in [0.3, 0.4) is 0 Å². The molecule has 0 aromatic carbocycles. The molecule has 142 valence electrons. The third kappa shape index (κ3) is 6.35. The smallest absolute Gasteiger partial charge is 0.377 e. The fraction of sp³-hybridized carbons (Fsp3) is 0.688. The minimum absolute atomic E-state index is 0.0128. The van der Waals surface area contributed by atoms with E-state index in [1.54, 1.807) is 13.8 Å². The molecule has 9 heteroatoms. The summed E-state index contributed by atoms with van der Waals surface area (Å²) in [5, 5.41) is 12.6. The first-order valence-electron chi connectivity index (χ1n) is 8.30. The molecule has 1 saturated carbocycles. The van der Waals surface area contributed by atoms with Crippen molar-refractivity contribution in [1.82, 2.24) is 0 Å². The standard InChI is InChI=1S/C16H26N2O7/c1-3-22-13(20)11-12(14(21)23-4-2)25-18-15(17)16(7-5-8-16)24-10-6-9-19/h11,19H,3-10H2,1-2H3,(H2,17,18)/b12-11+. The van der Waals surface area contributed by atoms with Crippen LogP contribution in [0.15, 0.2) is 17.0 Å². The van der Waals surface area contributed by atoms with E-state index in [9.17, 15) is 9.59 Å². The highest BCUT2D eigenvalue weighted by molar-refractivity contribution is 5.95. The summed E-state index contributed by atoms with van der Waals surface area (Å²) in [6.07, 6.45) is 3.57. The second-order valence-electron chi connectivity index (χ2n) is 5.32. The Morgan fingerprint density at radius 1 is 1.24 bits per heavy atom. The van der Waals surface area contributed by atoms with E-state index in [0.29, 0.717) is 25.9 Å². The highest BCUT2D eigenvalue weighted by Crippen LogP contribution is 2.36. The Morgan fingerprint density at radius 2 is 1.92 bits per heavy atom. The van der Waals surface area contributed by atoms with Crippen LogP contribution < -0.4 is 5.73 Å². The molecule has 0 amide bonds. The zero-order valence-electron chi connectivity index (χ0n) is 14.7. The Hall–Kier alpha value is -2.13. The molecular formula is C16H26N2O7. The molecule has 0 unspecified atom stereocenters. The second-order valence-corrected chi connectivity index (χ2v) is 5.32. The van der Waals surface area contributed by atoms with Crippen LogP contribution in [-0.4, -0.2) is 54.9 Å². The minimum atomic E-state index is -0.851. The van der Waals surface area contributed by atoms with Gasteiger partial charge in [-0.2, -0.15) is 0 Å². The Balaban J connectivity index is 2.82. The average molecular weight is 358 g/mol. The van der Waals surface area contributed by atoms with Crippen LogP contribution in [0.4, 0.5) is 0 Å². The molecule has 0 saturated heterocycles. The van der Waals surface area contributed by atoms with Crippen LogP contribution >= 0.6 is 0 Å². The number of oxime groups is 1. The molecule has 0 atom stereocenters. The first-order chi connectivity index (χ1) is 12.0. The van der Waals surface area contributed by atoms with Gasteiger partial charge in [0.1, 0.15) is 5.60 Å². The van der Waals surface area contributed by atoms with Crippen LogP contribution in [0, 0.1) is 0 Å². The normalized spacial score (nSPS) is 16.8. The van der Waals surface area contributed by atoms with E-state index in [-0.39, 0.29) is 25.7 Å². The van der Waals surface area contributed by atoms with Gasteiger partial charge in [0.25, 0.3) is 0 Å². The van der Waals surface area contributed by atoms with Gasteiger partial charge in [0.2, 0.25) is 5.76 Å². The van der Waals surface area contributed by atoms with Crippen molar-refractivity contribution in [2.45, 2.75) is 45.1 Å². The maximum absolute atomic E-state index is 11.8. The number of nitrogens with zero attached hydrogens (tertiary/aromatic N) is 1. The number of rotatable bonds is 11. The number of carbonyl (C=O) groups excluding carboxylic acids is 2. The van der Waals surface area contributed by atoms with Gasteiger partial charge < -0.3 is 29.9 Å². The Bertz CT molecular complexity index is 513. The minimum Gasteiger partial charge on any atom is -0.463 e. The summed E-state index contributed by atoms with van der Waals surface area (Å²) in [7, 11) is 0. The number of ether oxygens (including phenoxy) is 3. The Labute approximate surface area is 146 Å². The Kier molecular flexibility index (Phi) is 8.93. The van der Waals surface area contributed by atoms with Crippen LogP contribution in [0.25, 0.3) is 0 Å². The van der Waals surface area contributed by atoms with Crippen molar-refractivity contribution in [3.63, 3.8) is 0 Å². The van der Waals surface area contributed by atoms with Gasteiger partial charge in [0, 0.05) is 6.61 Å². The largest absolute Gasteiger partial charge is 0.463 e. The van der Waals surface area contributed by atoms with Crippen LogP contribution in [0.2, 0.25) is 0 Å². The highest BCUT2D eigenvalue weighted by atomic mass is 16.7. The van der Waals surface area contributed by atoms with E-state index in [0.717, 1.165) is 12.5 Å². The molecule has 25 heavy (non-hydrogen) atoms. The summed E-state index contributed by atoms with van der Waals surface area (Å²) >= 11 is 0. The number of carbonyl (C=O) groups is 2. The van der Waals surface area contributed by atoms with Gasteiger partial charge in [-0.15, -0.1) is 0 Å². The highest BCUT2D eigenvalue weighted by Gasteiger charge is 2.42. The summed E-state index contributed by atoms with van der Waals surface area (Å²) in [4.78, 5) is 28.4. The number of nitrogens with two attached hydrogens (primary N) is 1. The summed E-state index contributed by atoms with van der Waals surface area (Å²) < 4.78 is 15.3. The van der Waals surface area contributed by atoms with E-state index in [1.807, 2.05) is 0 Å². The van der Waals surface area contributed by atoms with Gasteiger partial charge in [0.05, 0.1) is 25.9 Å². The predicted molar refractivity (Wildman–Crippen MR) is 88.3 cm³/mol. The molecule has 1 aliphatic rings. The Morgan fingerprint density at radius 3 is 2.44 bits per heavy atom. The van der Waals surface area contributed by atoms with Crippen LogP contribution in [0.5, 0.6) is 0 Å². The summed E-state index contributed by atoms with van der Waals surface area (Å²) in [5.74, 6) is -1.96. The molecule has 0 radical (unpaired) electrons. The molecule has 1 rings (SSSR count). The summed E-state index contributed by atoms with van der Waals surface area (Å²) in [5.41, 5.74) is 5.19. The van der Waals surface area contributed by atoms with Crippen molar-refractivity contribution in [2.75, 3.05) is 26.4 Å².